The van der Waals surface area contributed by atoms with Crippen molar-refractivity contribution in [3.05, 3.63) is 83.9 Å². The number of nitrogens with zero attached hydrogens (tertiary/aromatic N) is 2. The van der Waals surface area contributed by atoms with E-state index in [0.29, 0.717) is 0 Å². The lowest BCUT2D eigenvalue weighted by Crippen LogP contribution is -2.26. The van der Waals surface area contributed by atoms with Crippen molar-refractivity contribution in [1.29, 1.82) is 0 Å². The Labute approximate surface area is 142 Å². The molecule has 0 spiro atoms. The predicted octanol–water partition coefficient (Wildman–Crippen LogP) is 5.27. The SMILES string of the molecule is Cc1ccccc1N=C1c2ccccc2Nc2ccccc2N1C. The first-order chi connectivity index (χ1) is 11.7. The zero-order chi connectivity index (χ0) is 16.5. The van der Waals surface area contributed by atoms with Gasteiger partial charge in [0.25, 0.3) is 0 Å². The highest BCUT2D eigenvalue weighted by molar-refractivity contribution is 6.17. The molecule has 0 bridgehead atoms. The minimum atomic E-state index is 0.942. The Morgan fingerprint density at radius 3 is 2.29 bits per heavy atom. The van der Waals surface area contributed by atoms with Crippen molar-refractivity contribution >= 4 is 28.6 Å². The number of hydrogen-bond donors (Lipinski definition) is 1. The van der Waals surface area contributed by atoms with Crippen molar-refractivity contribution in [2.75, 3.05) is 17.3 Å². The number of aliphatic imine (C=N–C) groups is 1. The first-order valence-corrected chi connectivity index (χ1v) is 8.07. The van der Waals surface area contributed by atoms with Crippen LogP contribution in [-0.4, -0.2) is 12.9 Å². The summed E-state index contributed by atoms with van der Waals surface area (Å²) in [6.07, 6.45) is 0. The van der Waals surface area contributed by atoms with Gasteiger partial charge < -0.3 is 10.2 Å². The molecule has 118 valence electrons. The molecule has 3 heteroatoms. The normalized spacial score (nSPS) is 14.6. The molecule has 0 aromatic heterocycles. The van der Waals surface area contributed by atoms with Crippen LogP contribution in [0.25, 0.3) is 0 Å². The molecule has 1 heterocycles. The van der Waals surface area contributed by atoms with Gasteiger partial charge in [0.05, 0.1) is 17.1 Å². The summed E-state index contributed by atoms with van der Waals surface area (Å²) >= 11 is 0. The van der Waals surface area contributed by atoms with Gasteiger partial charge in [-0.2, -0.15) is 0 Å². The molecule has 0 aliphatic carbocycles. The van der Waals surface area contributed by atoms with E-state index in [1.54, 1.807) is 0 Å². The number of anilines is 3. The number of aryl methyl sites for hydroxylation is 1. The van der Waals surface area contributed by atoms with E-state index in [2.05, 4.69) is 72.7 Å². The van der Waals surface area contributed by atoms with Crippen molar-refractivity contribution < 1.29 is 0 Å². The number of hydrogen-bond acceptors (Lipinski definition) is 2. The molecule has 3 nitrogen and oxygen atoms in total. The molecule has 0 radical (unpaired) electrons. The molecule has 1 aliphatic heterocycles. The van der Waals surface area contributed by atoms with Crippen LogP contribution in [0.1, 0.15) is 11.1 Å². The standard InChI is InChI=1S/C21H19N3/c1-15-9-3-5-11-17(15)23-21-16-10-4-6-12-18(16)22-19-13-7-8-14-20(19)24(21)2/h3-14,22H,1-2H3. The summed E-state index contributed by atoms with van der Waals surface area (Å²) in [5.41, 5.74) is 6.53. The summed E-state index contributed by atoms with van der Waals surface area (Å²) in [5, 5.41) is 3.54. The fourth-order valence-electron chi connectivity index (χ4n) is 3.04. The van der Waals surface area contributed by atoms with Crippen LogP contribution in [0.15, 0.2) is 77.8 Å². The summed E-state index contributed by atoms with van der Waals surface area (Å²) in [7, 11) is 2.07. The molecule has 3 aromatic carbocycles. The van der Waals surface area contributed by atoms with Gasteiger partial charge in [-0.3, -0.25) is 0 Å². The number of rotatable bonds is 1. The van der Waals surface area contributed by atoms with Crippen molar-refractivity contribution in [2.45, 2.75) is 6.92 Å². The maximum Gasteiger partial charge on any atom is 0.142 e. The lowest BCUT2D eigenvalue weighted by Gasteiger charge is -2.21. The molecule has 0 saturated heterocycles. The largest absolute Gasteiger partial charge is 0.353 e. The summed E-state index contributed by atoms with van der Waals surface area (Å²) < 4.78 is 0. The molecule has 0 atom stereocenters. The van der Waals surface area contributed by atoms with Crippen LogP contribution in [0.3, 0.4) is 0 Å². The van der Waals surface area contributed by atoms with Crippen molar-refractivity contribution in [3.8, 4) is 0 Å². The van der Waals surface area contributed by atoms with Gasteiger partial charge in [0, 0.05) is 18.3 Å². The Kier molecular flexibility index (Phi) is 3.54. The smallest absolute Gasteiger partial charge is 0.142 e. The molecule has 4 rings (SSSR count). The lowest BCUT2D eigenvalue weighted by molar-refractivity contribution is 1.25. The van der Waals surface area contributed by atoms with E-state index < -0.39 is 0 Å². The second-order valence-electron chi connectivity index (χ2n) is 5.97. The molecule has 0 unspecified atom stereocenters. The predicted molar refractivity (Wildman–Crippen MR) is 102 cm³/mol. The summed E-state index contributed by atoms with van der Waals surface area (Å²) in [6, 6.07) is 24.8. The second-order valence-corrected chi connectivity index (χ2v) is 5.97. The Hall–Kier alpha value is -3.07. The van der Waals surface area contributed by atoms with Crippen LogP contribution in [0.2, 0.25) is 0 Å². The van der Waals surface area contributed by atoms with Crippen LogP contribution in [-0.2, 0) is 0 Å². The van der Waals surface area contributed by atoms with E-state index in [9.17, 15) is 0 Å². The van der Waals surface area contributed by atoms with Crippen molar-refractivity contribution in [1.82, 2.24) is 0 Å². The van der Waals surface area contributed by atoms with E-state index in [0.717, 1.165) is 34.1 Å². The van der Waals surface area contributed by atoms with Gasteiger partial charge in [-0.15, -0.1) is 0 Å². The lowest BCUT2D eigenvalue weighted by atomic mass is 10.1. The first-order valence-electron chi connectivity index (χ1n) is 8.07. The van der Waals surface area contributed by atoms with Crippen molar-refractivity contribution in [2.24, 2.45) is 4.99 Å². The van der Waals surface area contributed by atoms with Gasteiger partial charge in [0.2, 0.25) is 0 Å². The van der Waals surface area contributed by atoms with Gasteiger partial charge in [-0.1, -0.05) is 42.5 Å². The summed E-state index contributed by atoms with van der Waals surface area (Å²) in [6.45, 7) is 2.09. The fourth-order valence-corrected chi connectivity index (χ4v) is 3.04. The number of amidine groups is 1. The highest BCUT2D eigenvalue weighted by Gasteiger charge is 2.22. The van der Waals surface area contributed by atoms with Crippen LogP contribution in [0.5, 0.6) is 0 Å². The molecular formula is C21H19N3. The molecule has 0 fully saturated rings. The molecule has 0 saturated carbocycles. The summed E-state index contributed by atoms with van der Waals surface area (Å²) in [4.78, 5) is 7.15. The number of nitrogens with one attached hydrogen (secondary N) is 1. The van der Waals surface area contributed by atoms with E-state index in [4.69, 9.17) is 4.99 Å². The topological polar surface area (TPSA) is 27.6 Å². The zero-order valence-corrected chi connectivity index (χ0v) is 13.8. The Balaban J connectivity index is 1.96. The quantitative estimate of drug-likeness (QED) is 0.663. The molecule has 1 aliphatic rings. The average molecular weight is 313 g/mol. The minimum Gasteiger partial charge on any atom is -0.353 e. The monoisotopic (exact) mass is 313 g/mol. The Morgan fingerprint density at radius 2 is 1.46 bits per heavy atom. The van der Waals surface area contributed by atoms with Crippen LogP contribution in [0.4, 0.5) is 22.7 Å². The van der Waals surface area contributed by atoms with E-state index >= 15 is 0 Å². The third kappa shape index (κ3) is 2.44. The maximum absolute atomic E-state index is 5.00. The highest BCUT2D eigenvalue weighted by atomic mass is 15.2. The maximum atomic E-state index is 5.00. The third-order valence-corrected chi connectivity index (χ3v) is 4.36. The van der Waals surface area contributed by atoms with Gasteiger partial charge >= 0.3 is 0 Å². The number of para-hydroxylation sites is 4. The fraction of sp³-hybridized carbons (Fsp3) is 0.0952. The highest BCUT2D eigenvalue weighted by Crippen LogP contribution is 2.35. The molecule has 24 heavy (non-hydrogen) atoms. The van der Waals surface area contributed by atoms with Crippen molar-refractivity contribution in [3.63, 3.8) is 0 Å². The molecule has 1 N–H and O–H groups in total. The summed E-state index contributed by atoms with van der Waals surface area (Å²) in [5.74, 6) is 0.942. The zero-order valence-electron chi connectivity index (χ0n) is 13.8. The number of fused-ring (bicyclic) bond motifs is 2. The van der Waals surface area contributed by atoms with Gasteiger partial charge in [0.1, 0.15) is 5.84 Å². The van der Waals surface area contributed by atoms with Crippen LogP contribution < -0.4 is 10.2 Å². The molecule has 0 amide bonds. The Morgan fingerprint density at radius 1 is 0.792 bits per heavy atom. The van der Waals surface area contributed by atoms with Gasteiger partial charge in [-0.25, -0.2) is 4.99 Å². The minimum absolute atomic E-state index is 0.942. The van der Waals surface area contributed by atoms with Crippen LogP contribution >= 0.6 is 0 Å². The second kappa shape index (κ2) is 5.85. The first kappa shape index (κ1) is 14.5. The Bertz CT molecular complexity index is 928. The molecular weight excluding hydrogens is 294 g/mol. The van der Waals surface area contributed by atoms with Crippen LogP contribution in [0, 0.1) is 6.92 Å². The third-order valence-electron chi connectivity index (χ3n) is 4.36. The van der Waals surface area contributed by atoms with E-state index in [1.165, 1.54) is 5.56 Å². The van der Waals surface area contributed by atoms with Gasteiger partial charge in [-0.05, 0) is 42.8 Å². The van der Waals surface area contributed by atoms with Gasteiger partial charge in [0.15, 0.2) is 0 Å². The molecule has 3 aromatic rings. The van der Waals surface area contributed by atoms with E-state index in [-0.39, 0.29) is 0 Å². The average Bonchev–Trinajstić information content (AvgIpc) is 2.72. The van der Waals surface area contributed by atoms with E-state index in [1.807, 2.05) is 24.3 Å². The number of benzene rings is 3.